The predicted molar refractivity (Wildman–Crippen MR) is 51.6 cm³/mol. The van der Waals surface area contributed by atoms with Crippen LogP contribution >= 0.6 is 12.2 Å². The Hall–Kier alpha value is -0.280. The zero-order valence-electron chi connectivity index (χ0n) is 7.58. The summed E-state index contributed by atoms with van der Waals surface area (Å²) in [6.07, 6.45) is 0.858. The summed E-state index contributed by atoms with van der Waals surface area (Å²) in [7, 11) is 0. The van der Waals surface area contributed by atoms with Gasteiger partial charge in [0.25, 0.3) is 0 Å². The molecule has 4 heteroatoms. The van der Waals surface area contributed by atoms with Crippen molar-refractivity contribution in [3.8, 4) is 0 Å². The Balaban J connectivity index is 3.18. The highest BCUT2D eigenvalue weighted by Gasteiger charge is 1.98. The highest BCUT2D eigenvalue weighted by Crippen LogP contribution is 1.94. The molecule has 0 heterocycles. The van der Waals surface area contributed by atoms with Crippen molar-refractivity contribution in [3.63, 3.8) is 0 Å². The van der Waals surface area contributed by atoms with Crippen LogP contribution in [0.3, 0.4) is 0 Å². The van der Waals surface area contributed by atoms with Gasteiger partial charge >= 0.3 is 0 Å². The Kier molecular flexibility index (Phi) is 8.61. The molecular weight excluding hydrogens is 174 g/mol. The summed E-state index contributed by atoms with van der Waals surface area (Å²) in [6.45, 7) is 5.76. The van der Waals surface area contributed by atoms with Gasteiger partial charge in [-0.25, -0.2) is 4.99 Å². The van der Waals surface area contributed by atoms with Crippen molar-refractivity contribution >= 4 is 17.4 Å². The Bertz CT molecular complexity index is 146. The van der Waals surface area contributed by atoms with Crippen molar-refractivity contribution in [2.45, 2.75) is 26.6 Å². The minimum Gasteiger partial charge on any atom is -0.353 e. The standard InChI is InChI=1S/C8H15NO2S/c1-3-5-10-8(2)11-6-4-9-7-12/h8H,3-6H2,1-2H3. The van der Waals surface area contributed by atoms with E-state index in [9.17, 15) is 0 Å². The molecule has 12 heavy (non-hydrogen) atoms. The van der Waals surface area contributed by atoms with Gasteiger partial charge in [0.05, 0.1) is 18.3 Å². The molecule has 0 aliphatic carbocycles. The largest absolute Gasteiger partial charge is 0.353 e. The molecule has 0 aromatic carbocycles. The number of hydrogen-bond donors (Lipinski definition) is 0. The maximum atomic E-state index is 5.26. The van der Waals surface area contributed by atoms with Crippen molar-refractivity contribution in [1.82, 2.24) is 0 Å². The first-order valence-corrected chi connectivity index (χ1v) is 4.49. The fraction of sp³-hybridized carbons (Fsp3) is 0.875. The summed E-state index contributed by atoms with van der Waals surface area (Å²) in [5.74, 6) is 0. The molecule has 0 aromatic rings. The average Bonchev–Trinajstić information content (AvgIpc) is 2.09. The van der Waals surface area contributed by atoms with Crippen molar-refractivity contribution < 1.29 is 9.47 Å². The molecule has 0 aliphatic rings. The van der Waals surface area contributed by atoms with E-state index < -0.39 is 0 Å². The Morgan fingerprint density at radius 2 is 2.08 bits per heavy atom. The van der Waals surface area contributed by atoms with Crippen molar-refractivity contribution in [3.05, 3.63) is 0 Å². The third-order valence-electron chi connectivity index (χ3n) is 1.18. The number of hydrogen-bond acceptors (Lipinski definition) is 4. The molecule has 1 unspecified atom stereocenters. The third kappa shape index (κ3) is 7.82. The van der Waals surface area contributed by atoms with Crippen LogP contribution in [0.2, 0.25) is 0 Å². The fourth-order valence-electron chi connectivity index (χ4n) is 0.642. The molecular formula is C8H15NO2S. The molecule has 0 N–H and O–H groups in total. The second-order valence-corrected chi connectivity index (χ2v) is 2.46. The van der Waals surface area contributed by atoms with Crippen LogP contribution in [0.4, 0.5) is 0 Å². The summed E-state index contributed by atoms with van der Waals surface area (Å²) >= 11 is 4.40. The van der Waals surface area contributed by atoms with Gasteiger partial charge in [0, 0.05) is 6.61 Å². The molecule has 3 nitrogen and oxygen atoms in total. The molecule has 1 atom stereocenters. The minimum absolute atomic E-state index is 0.148. The summed E-state index contributed by atoms with van der Waals surface area (Å²) < 4.78 is 10.5. The molecule has 0 bridgehead atoms. The molecule has 0 amide bonds. The molecule has 0 radical (unpaired) electrons. The third-order valence-corrected chi connectivity index (χ3v) is 1.31. The maximum absolute atomic E-state index is 5.26. The van der Waals surface area contributed by atoms with E-state index in [0.717, 1.165) is 13.0 Å². The van der Waals surface area contributed by atoms with Crippen LogP contribution in [0, 0.1) is 0 Å². The summed E-state index contributed by atoms with van der Waals surface area (Å²) in [5, 5.41) is 2.27. The van der Waals surface area contributed by atoms with E-state index >= 15 is 0 Å². The number of aliphatic imine (C=N–C) groups is 1. The van der Waals surface area contributed by atoms with Gasteiger partial charge in [0.15, 0.2) is 6.29 Å². The van der Waals surface area contributed by atoms with Gasteiger partial charge < -0.3 is 9.47 Å². The number of ether oxygens (including phenoxy) is 2. The van der Waals surface area contributed by atoms with E-state index in [-0.39, 0.29) is 6.29 Å². The van der Waals surface area contributed by atoms with Crippen molar-refractivity contribution in [2.75, 3.05) is 19.8 Å². The predicted octanol–water partition coefficient (Wildman–Crippen LogP) is 1.88. The SMILES string of the molecule is CCCOC(C)OCCN=C=S. The monoisotopic (exact) mass is 189 g/mol. The smallest absolute Gasteiger partial charge is 0.154 e. The van der Waals surface area contributed by atoms with Gasteiger partial charge in [-0.1, -0.05) is 6.92 Å². The first-order chi connectivity index (χ1) is 5.81. The second-order valence-electron chi connectivity index (χ2n) is 2.28. The van der Waals surface area contributed by atoms with Gasteiger partial charge in [-0.2, -0.15) is 0 Å². The van der Waals surface area contributed by atoms with Crippen molar-refractivity contribution in [2.24, 2.45) is 4.99 Å². The van der Waals surface area contributed by atoms with Crippen LogP contribution in [0.25, 0.3) is 0 Å². The van der Waals surface area contributed by atoms with Crippen LogP contribution in [-0.2, 0) is 9.47 Å². The van der Waals surface area contributed by atoms with E-state index in [1.165, 1.54) is 0 Å². The van der Waals surface area contributed by atoms with E-state index in [4.69, 9.17) is 9.47 Å². The molecule has 0 saturated carbocycles. The summed E-state index contributed by atoms with van der Waals surface area (Å²) in [5.41, 5.74) is 0. The highest BCUT2D eigenvalue weighted by atomic mass is 32.1. The summed E-state index contributed by atoms with van der Waals surface area (Å²) in [4.78, 5) is 3.71. The van der Waals surface area contributed by atoms with Gasteiger partial charge in [0.1, 0.15) is 0 Å². The zero-order chi connectivity index (χ0) is 9.23. The number of isothiocyanates is 1. The van der Waals surface area contributed by atoms with Crippen molar-refractivity contribution in [1.29, 1.82) is 0 Å². The zero-order valence-corrected chi connectivity index (χ0v) is 8.39. The number of thiocarbonyl (C=S) groups is 1. The molecule has 0 saturated heterocycles. The lowest BCUT2D eigenvalue weighted by Crippen LogP contribution is -2.15. The second kappa shape index (κ2) is 8.81. The van der Waals surface area contributed by atoms with Crippen LogP contribution in [0.5, 0.6) is 0 Å². The minimum atomic E-state index is -0.148. The quantitative estimate of drug-likeness (QED) is 0.265. The van der Waals surface area contributed by atoms with Gasteiger partial charge in [-0.15, -0.1) is 0 Å². The first kappa shape index (κ1) is 11.7. The normalized spacial score (nSPS) is 12.2. The Labute approximate surface area is 78.8 Å². The van der Waals surface area contributed by atoms with E-state index in [2.05, 4.69) is 29.3 Å². The fourth-order valence-corrected chi connectivity index (χ4v) is 0.733. The molecule has 0 aromatic heterocycles. The van der Waals surface area contributed by atoms with Crippen LogP contribution in [0.15, 0.2) is 4.99 Å². The van der Waals surface area contributed by atoms with E-state index in [1.807, 2.05) is 6.92 Å². The molecule has 0 fully saturated rings. The first-order valence-electron chi connectivity index (χ1n) is 4.08. The van der Waals surface area contributed by atoms with Crippen LogP contribution in [-0.4, -0.2) is 31.2 Å². The lowest BCUT2D eigenvalue weighted by molar-refractivity contribution is -0.127. The van der Waals surface area contributed by atoms with Crippen LogP contribution in [0.1, 0.15) is 20.3 Å². The lowest BCUT2D eigenvalue weighted by Gasteiger charge is -2.11. The molecule has 0 rings (SSSR count). The molecule has 0 aliphatic heterocycles. The maximum Gasteiger partial charge on any atom is 0.154 e. The lowest BCUT2D eigenvalue weighted by atomic mass is 10.5. The number of rotatable bonds is 7. The van der Waals surface area contributed by atoms with Gasteiger partial charge in [-0.3, -0.25) is 0 Å². The van der Waals surface area contributed by atoms with E-state index in [0.29, 0.717) is 13.2 Å². The Morgan fingerprint density at radius 3 is 2.67 bits per heavy atom. The van der Waals surface area contributed by atoms with E-state index in [1.54, 1.807) is 0 Å². The average molecular weight is 189 g/mol. The highest BCUT2D eigenvalue weighted by molar-refractivity contribution is 7.78. The Morgan fingerprint density at radius 1 is 1.42 bits per heavy atom. The number of nitrogens with zero attached hydrogens (tertiary/aromatic N) is 1. The molecule has 0 spiro atoms. The van der Waals surface area contributed by atoms with Gasteiger partial charge in [-0.05, 0) is 25.6 Å². The summed E-state index contributed by atoms with van der Waals surface area (Å²) in [6, 6.07) is 0. The molecule has 70 valence electrons. The topological polar surface area (TPSA) is 30.8 Å². The van der Waals surface area contributed by atoms with Crippen LogP contribution < -0.4 is 0 Å². The van der Waals surface area contributed by atoms with Gasteiger partial charge in [0.2, 0.25) is 0 Å².